The number of nitrogens with two attached hydrogens (primary N) is 1. The van der Waals surface area contributed by atoms with Gasteiger partial charge in [-0.15, -0.1) is 0 Å². The number of carbonyl (C=O) groups excluding carboxylic acids is 2. The standard InChI is InChI=1S/C28H40N4O7/c29-31-24(33)8-2-1-3-12-36-14-16-38-17-15-37-13-9-30-27(34)23-19-21-18-20-6-4-10-32-11-5-7-22(25(20)32)26(21)39-28(23)35/h18-19H,1-17,29H2,(H,30,34)(H,31,33). The van der Waals surface area contributed by atoms with Crippen LogP contribution in [0.25, 0.3) is 11.0 Å². The molecule has 214 valence electrons. The van der Waals surface area contributed by atoms with Gasteiger partial charge in [0.05, 0.1) is 33.0 Å². The second kappa shape index (κ2) is 15.0. The van der Waals surface area contributed by atoms with Crippen molar-refractivity contribution in [3.8, 4) is 0 Å². The number of unbranched alkanes of at least 4 members (excludes halogenated alkanes) is 2. The number of anilines is 1. The molecule has 0 saturated carbocycles. The highest BCUT2D eigenvalue weighted by atomic mass is 16.5. The lowest BCUT2D eigenvalue weighted by Crippen LogP contribution is -2.35. The van der Waals surface area contributed by atoms with Crippen molar-refractivity contribution in [1.82, 2.24) is 10.7 Å². The summed E-state index contributed by atoms with van der Waals surface area (Å²) in [5.41, 5.74) is 5.74. The quantitative estimate of drug-likeness (QED) is 0.0947. The fraction of sp³-hybridized carbons (Fsp3) is 0.607. The molecule has 0 fully saturated rings. The van der Waals surface area contributed by atoms with E-state index >= 15 is 0 Å². The third kappa shape index (κ3) is 8.01. The van der Waals surface area contributed by atoms with Gasteiger partial charge in [0, 0.05) is 49.3 Å². The molecule has 4 N–H and O–H groups in total. The van der Waals surface area contributed by atoms with E-state index in [1.54, 1.807) is 6.07 Å². The number of ether oxygens (including phenoxy) is 3. The van der Waals surface area contributed by atoms with Crippen molar-refractivity contribution in [3.63, 3.8) is 0 Å². The van der Waals surface area contributed by atoms with E-state index in [1.807, 2.05) is 0 Å². The topological polar surface area (TPSA) is 145 Å². The average Bonchev–Trinajstić information content (AvgIpc) is 2.95. The molecule has 0 atom stereocenters. The minimum atomic E-state index is -0.611. The molecule has 2 amide bonds. The van der Waals surface area contributed by atoms with Crippen molar-refractivity contribution in [2.45, 2.75) is 51.4 Å². The predicted octanol–water partition coefficient (Wildman–Crippen LogP) is 1.82. The first kappa shape index (κ1) is 29.0. The van der Waals surface area contributed by atoms with Gasteiger partial charge < -0.3 is 28.8 Å². The fourth-order valence-corrected chi connectivity index (χ4v) is 5.22. The Morgan fingerprint density at radius 1 is 0.923 bits per heavy atom. The molecule has 0 radical (unpaired) electrons. The zero-order chi connectivity index (χ0) is 27.5. The van der Waals surface area contributed by atoms with Crippen LogP contribution in [-0.4, -0.2) is 71.1 Å². The summed E-state index contributed by atoms with van der Waals surface area (Å²) in [5, 5.41) is 3.55. The molecule has 2 aliphatic heterocycles. The van der Waals surface area contributed by atoms with Gasteiger partial charge in [-0.3, -0.25) is 15.0 Å². The molecule has 4 rings (SSSR count). The van der Waals surface area contributed by atoms with E-state index in [0.717, 1.165) is 69.0 Å². The van der Waals surface area contributed by atoms with Gasteiger partial charge in [-0.25, -0.2) is 10.6 Å². The molecular weight excluding hydrogens is 504 g/mol. The molecule has 11 nitrogen and oxygen atoms in total. The maximum atomic E-state index is 12.7. The third-order valence-electron chi connectivity index (χ3n) is 7.09. The van der Waals surface area contributed by atoms with Crippen LogP contribution in [0.2, 0.25) is 0 Å². The first-order valence-electron chi connectivity index (χ1n) is 14.0. The van der Waals surface area contributed by atoms with E-state index in [2.05, 4.69) is 21.7 Å². The number of hydrogen-bond acceptors (Lipinski definition) is 9. The molecule has 39 heavy (non-hydrogen) atoms. The zero-order valence-corrected chi connectivity index (χ0v) is 22.6. The summed E-state index contributed by atoms with van der Waals surface area (Å²) < 4.78 is 22.2. The Bertz CT molecular complexity index is 1180. The van der Waals surface area contributed by atoms with Crippen molar-refractivity contribution >= 4 is 28.5 Å². The van der Waals surface area contributed by atoms with Gasteiger partial charge in [-0.2, -0.15) is 0 Å². The molecule has 0 saturated heterocycles. The van der Waals surface area contributed by atoms with Crippen molar-refractivity contribution in [1.29, 1.82) is 0 Å². The molecule has 0 bridgehead atoms. The van der Waals surface area contributed by atoms with Crippen molar-refractivity contribution in [2.75, 3.05) is 64.2 Å². The molecule has 0 aliphatic carbocycles. The normalized spacial score (nSPS) is 14.3. The smallest absolute Gasteiger partial charge is 0.349 e. The van der Waals surface area contributed by atoms with Crippen LogP contribution in [0, 0.1) is 0 Å². The van der Waals surface area contributed by atoms with Gasteiger partial charge in [0.15, 0.2) is 0 Å². The Balaban J connectivity index is 1.10. The fourth-order valence-electron chi connectivity index (χ4n) is 5.22. The summed E-state index contributed by atoms with van der Waals surface area (Å²) in [7, 11) is 0. The number of hydrazine groups is 1. The van der Waals surface area contributed by atoms with Gasteiger partial charge in [0.1, 0.15) is 11.1 Å². The maximum absolute atomic E-state index is 12.7. The van der Waals surface area contributed by atoms with E-state index in [9.17, 15) is 14.4 Å². The highest BCUT2D eigenvalue weighted by molar-refractivity contribution is 5.98. The van der Waals surface area contributed by atoms with Gasteiger partial charge in [-0.05, 0) is 56.2 Å². The zero-order valence-electron chi connectivity index (χ0n) is 22.6. The summed E-state index contributed by atoms with van der Waals surface area (Å²) in [6.45, 7) is 5.07. The summed E-state index contributed by atoms with van der Waals surface area (Å²) in [5.74, 6) is 4.42. The number of rotatable bonds is 16. The molecule has 1 aromatic carbocycles. The number of nitrogens with zero attached hydrogens (tertiary/aromatic N) is 1. The molecule has 0 unspecified atom stereocenters. The van der Waals surface area contributed by atoms with Gasteiger partial charge in [0.2, 0.25) is 5.91 Å². The Hall–Kier alpha value is -2.99. The first-order chi connectivity index (χ1) is 19.1. The number of fused-ring (bicyclic) bond motifs is 2. The van der Waals surface area contributed by atoms with E-state index < -0.39 is 11.5 Å². The molecule has 3 heterocycles. The lowest BCUT2D eigenvalue weighted by molar-refractivity contribution is -0.121. The van der Waals surface area contributed by atoms with Crippen LogP contribution in [0.3, 0.4) is 0 Å². The lowest BCUT2D eigenvalue weighted by Gasteiger charge is -2.37. The van der Waals surface area contributed by atoms with Crippen molar-refractivity contribution in [2.24, 2.45) is 5.84 Å². The summed E-state index contributed by atoms with van der Waals surface area (Å²) in [4.78, 5) is 38.8. The number of carbonyl (C=O) groups is 2. The van der Waals surface area contributed by atoms with Gasteiger partial charge >= 0.3 is 5.63 Å². The van der Waals surface area contributed by atoms with E-state index in [4.69, 9.17) is 24.5 Å². The molecule has 11 heteroatoms. The Kier molecular flexibility index (Phi) is 11.1. The highest BCUT2D eigenvalue weighted by Gasteiger charge is 2.27. The van der Waals surface area contributed by atoms with Crippen LogP contribution in [0.5, 0.6) is 0 Å². The van der Waals surface area contributed by atoms with Crippen LogP contribution in [0.15, 0.2) is 21.3 Å². The van der Waals surface area contributed by atoms with Crippen LogP contribution < -0.4 is 27.1 Å². The number of hydrogen-bond donors (Lipinski definition) is 3. The Labute approximate surface area is 228 Å². The summed E-state index contributed by atoms with van der Waals surface area (Å²) in [6, 6.07) is 3.74. The first-order valence-corrected chi connectivity index (χ1v) is 14.0. The minimum absolute atomic E-state index is 0.0162. The molecule has 0 spiro atoms. The largest absolute Gasteiger partial charge is 0.422 e. The van der Waals surface area contributed by atoms with E-state index in [1.165, 1.54) is 11.3 Å². The second-order valence-corrected chi connectivity index (χ2v) is 9.89. The van der Waals surface area contributed by atoms with E-state index in [-0.39, 0.29) is 18.0 Å². The summed E-state index contributed by atoms with van der Waals surface area (Å²) >= 11 is 0. The lowest BCUT2D eigenvalue weighted by atomic mass is 9.90. The summed E-state index contributed by atoms with van der Waals surface area (Å²) in [6.07, 6.45) is 7.05. The molecule has 2 aliphatic rings. The number of nitrogens with one attached hydrogen (secondary N) is 2. The van der Waals surface area contributed by atoms with Gasteiger partial charge in [-0.1, -0.05) is 6.42 Å². The van der Waals surface area contributed by atoms with E-state index in [0.29, 0.717) is 51.6 Å². The number of aryl methyl sites for hydroxylation is 2. The molecule has 1 aromatic heterocycles. The average molecular weight is 545 g/mol. The maximum Gasteiger partial charge on any atom is 0.349 e. The number of benzene rings is 1. The van der Waals surface area contributed by atoms with Crippen LogP contribution in [0.1, 0.15) is 60.0 Å². The SMILES string of the molecule is NNC(=O)CCCCCOCCOCCOCCNC(=O)c1cc2cc3c4c(c2oc1=O)CCCN4CCC3. The monoisotopic (exact) mass is 544 g/mol. The second-order valence-electron chi connectivity index (χ2n) is 9.89. The highest BCUT2D eigenvalue weighted by Crippen LogP contribution is 2.39. The number of amides is 2. The Morgan fingerprint density at radius 2 is 1.64 bits per heavy atom. The van der Waals surface area contributed by atoms with Crippen LogP contribution >= 0.6 is 0 Å². The Morgan fingerprint density at radius 3 is 2.41 bits per heavy atom. The third-order valence-corrected chi connectivity index (χ3v) is 7.09. The minimum Gasteiger partial charge on any atom is -0.422 e. The molecular formula is C28H40N4O7. The van der Waals surface area contributed by atoms with Crippen LogP contribution in [-0.2, 0) is 31.8 Å². The van der Waals surface area contributed by atoms with Gasteiger partial charge in [0.25, 0.3) is 5.91 Å². The predicted molar refractivity (Wildman–Crippen MR) is 147 cm³/mol. The molecule has 2 aromatic rings. The van der Waals surface area contributed by atoms with Crippen molar-refractivity contribution in [3.05, 3.63) is 39.2 Å². The van der Waals surface area contributed by atoms with Crippen LogP contribution in [0.4, 0.5) is 5.69 Å². The van der Waals surface area contributed by atoms with Crippen molar-refractivity contribution < 1.29 is 28.2 Å².